The molecule has 2 atom stereocenters. The molecule has 2 unspecified atom stereocenters. The van der Waals surface area contributed by atoms with Gasteiger partial charge < -0.3 is 4.74 Å². The normalized spacial score (nSPS) is 28.1. The number of piperidine rings is 1. The molecule has 2 aliphatic heterocycles. The van der Waals surface area contributed by atoms with Crippen LogP contribution in [0.4, 0.5) is 4.39 Å². The van der Waals surface area contributed by atoms with Gasteiger partial charge in [0.25, 0.3) is 0 Å². The van der Waals surface area contributed by atoms with E-state index in [0.717, 1.165) is 12.8 Å². The lowest BCUT2D eigenvalue weighted by Crippen LogP contribution is -2.56. The molecule has 2 aliphatic rings. The Labute approximate surface area is 129 Å². The molecule has 2 bridgehead atoms. The molecule has 0 amide bonds. The van der Waals surface area contributed by atoms with Crippen molar-refractivity contribution < 1.29 is 13.9 Å². The van der Waals surface area contributed by atoms with Crippen molar-refractivity contribution in [2.75, 3.05) is 20.3 Å². The molecular weight excluding hydrogens is 283 g/mol. The largest absolute Gasteiger partial charge is 0.378 e. The first-order valence-electron chi connectivity index (χ1n) is 7.59. The Kier molecular flexibility index (Phi) is 4.23. The molecular formula is C17H19FN2O2. The van der Waals surface area contributed by atoms with E-state index in [1.165, 1.54) is 18.2 Å². The number of carbonyl (C=O) groups is 1. The van der Waals surface area contributed by atoms with E-state index in [-0.39, 0.29) is 30.2 Å². The molecule has 2 fully saturated rings. The Hall–Kier alpha value is -1.77. The number of likely N-dealkylation sites (N-methyl/N-ethyl adjacent to an activating group) is 1. The summed E-state index contributed by atoms with van der Waals surface area (Å²) in [5.74, 6) is -0.326. The molecule has 1 aromatic rings. The van der Waals surface area contributed by atoms with Gasteiger partial charge in [0, 0.05) is 24.4 Å². The van der Waals surface area contributed by atoms with E-state index in [0.29, 0.717) is 24.3 Å². The molecule has 0 saturated carbocycles. The molecule has 1 aromatic carbocycles. The molecule has 0 aliphatic carbocycles. The van der Waals surface area contributed by atoms with Crippen LogP contribution in [0.15, 0.2) is 18.2 Å². The fraction of sp³-hybridized carbons (Fsp3) is 0.529. The van der Waals surface area contributed by atoms with E-state index in [4.69, 9.17) is 10.00 Å². The predicted molar refractivity (Wildman–Crippen MR) is 78.7 cm³/mol. The molecule has 0 aromatic heterocycles. The number of hydrogen-bond acceptors (Lipinski definition) is 4. The summed E-state index contributed by atoms with van der Waals surface area (Å²) in [7, 11) is 2.08. The Morgan fingerprint density at radius 3 is 2.73 bits per heavy atom. The van der Waals surface area contributed by atoms with E-state index in [1.807, 2.05) is 6.07 Å². The van der Waals surface area contributed by atoms with Crippen molar-refractivity contribution in [2.45, 2.75) is 31.3 Å². The molecule has 0 spiro atoms. The molecule has 116 valence electrons. The molecule has 22 heavy (non-hydrogen) atoms. The summed E-state index contributed by atoms with van der Waals surface area (Å²) >= 11 is 0. The van der Waals surface area contributed by atoms with Gasteiger partial charge in [0.05, 0.1) is 24.8 Å². The number of benzene rings is 1. The molecule has 0 N–H and O–H groups in total. The van der Waals surface area contributed by atoms with E-state index in [2.05, 4.69) is 11.9 Å². The van der Waals surface area contributed by atoms with Gasteiger partial charge >= 0.3 is 0 Å². The highest BCUT2D eigenvalue weighted by Gasteiger charge is 2.39. The third-order valence-electron chi connectivity index (χ3n) is 4.89. The molecule has 4 nitrogen and oxygen atoms in total. The van der Waals surface area contributed by atoms with Crippen LogP contribution >= 0.6 is 0 Å². The first-order valence-corrected chi connectivity index (χ1v) is 7.59. The summed E-state index contributed by atoms with van der Waals surface area (Å²) in [5, 5.41) is 9.09. The summed E-state index contributed by atoms with van der Waals surface area (Å²) < 4.78 is 18.9. The van der Waals surface area contributed by atoms with Crippen LogP contribution in [0.3, 0.4) is 0 Å². The third-order valence-corrected chi connectivity index (χ3v) is 4.89. The van der Waals surface area contributed by atoms with Gasteiger partial charge in [0.1, 0.15) is 11.6 Å². The maximum absolute atomic E-state index is 13.4. The van der Waals surface area contributed by atoms with Crippen molar-refractivity contribution >= 4 is 5.78 Å². The molecule has 5 heteroatoms. The average molecular weight is 302 g/mol. The van der Waals surface area contributed by atoms with Crippen molar-refractivity contribution in [1.82, 2.24) is 4.90 Å². The zero-order valence-electron chi connectivity index (χ0n) is 12.6. The van der Waals surface area contributed by atoms with Crippen LogP contribution in [0, 0.1) is 23.1 Å². The van der Waals surface area contributed by atoms with Gasteiger partial charge in [-0.05, 0) is 43.7 Å². The molecule has 0 radical (unpaired) electrons. The van der Waals surface area contributed by atoms with Gasteiger partial charge in [-0.25, -0.2) is 4.39 Å². The van der Waals surface area contributed by atoms with Crippen molar-refractivity contribution in [3.05, 3.63) is 35.1 Å². The fourth-order valence-corrected chi connectivity index (χ4v) is 3.51. The Morgan fingerprint density at radius 2 is 2.09 bits per heavy atom. The Balaban J connectivity index is 1.73. The van der Waals surface area contributed by atoms with Gasteiger partial charge in [0.2, 0.25) is 0 Å². The number of nitrogens with zero attached hydrogens (tertiary/aromatic N) is 2. The summed E-state index contributed by atoms with van der Waals surface area (Å²) in [6.45, 7) is 1.33. The number of rotatable bonds is 3. The summed E-state index contributed by atoms with van der Waals surface area (Å²) in [5.41, 5.74) is 0.874. The number of Topliss-reactive ketones (excluding diaryl/α,β-unsaturated/α-hetero) is 1. The number of morpholine rings is 1. The van der Waals surface area contributed by atoms with Gasteiger partial charge in [-0.1, -0.05) is 0 Å². The van der Waals surface area contributed by atoms with Crippen molar-refractivity contribution in [1.29, 1.82) is 5.26 Å². The van der Waals surface area contributed by atoms with Crippen LogP contribution in [-0.4, -0.2) is 43.0 Å². The summed E-state index contributed by atoms with van der Waals surface area (Å²) in [6.07, 6.45) is 1.70. The van der Waals surface area contributed by atoms with Gasteiger partial charge in [-0.15, -0.1) is 0 Å². The second-order valence-electron chi connectivity index (χ2n) is 6.24. The van der Waals surface area contributed by atoms with E-state index in [1.54, 1.807) is 0 Å². The second kappa shape index (κ2) is 6.15. The minimum atomic E-state index is -0.407. The molecule has 2 saturated heterocycles. The van der Waals surface area contributed by atoms with E-state index < -0.39 is 5.82 Å². The standard InChI is InChI=1S/C17H19FN2O2/c1-20-15-5-13(6-16(20)10-22-9-15)17(21)7-12-4-14(18)3-2-11(12)8-19/h2-4,13,15-16H,5-7,9-10H2,1H3. The quantitative estimate of drug-likeness (QED) is 0.856. The maximum atomic E-state index is 13.4. The zero-order valence-corrected chi connectivity index (χ0v) is 12.6. The average Bonchev–Trinajstić information content (AvgIpc) is 2.47. The number of carbonyl (C=O) groups excluding carboxylic acids is 1. The number of ether oxygens (including phenoxy) is 1. The zero-order chi connectivity index (χ0) is 15.7. The van der Waals surface area contributed by atoms with E-state index in [9.17, 15) is 9.18 Å². The Bertz CT molecular complexity index is 612. The first kappa shape index (κ1) is 15.1. The highest BCUT2D eigenvalue weighted by molar-refractivity contribution is 5.84. The number of nitriles is 1. The number of halogens is 1. The predicted octanol–water partition coefficient (Wildman–Crippen LogP) is 1.92. The highest BCUT2D eigenvalue weighted by atomic mass is 19.1. The lowest BCUT2D eigenvalue weighted by Gasteiger charge is -2.46. The minimum Gasteiger partial charge on any atom is -0.378 e. The fourth-order valence-electron chi connectivity index (χ4n) is 3.51. The van der Waals surface area contributed by atoms with Gasteiger partial charge in [-0.2, -0.15) is 5.26 Å². The van der Waals surface area contributed by atoms with Crippen molar-refractivity contribution in [3.63, 3.8) is 0 Å². The van der Waals surface area contributed by atoms with Gasteiger partial charge in [0.15, 0.2) is 0 Å². The van der Waals surface area contributed by atoms with Crippen molar-refractivity contribution in [3.8, 4) is 6.07 Å². The Morgan fingerprint density at radius 1 is 1.41 bits per heavy atom. The minimum absolute atomic E-state index is 0.0232. The van der Waals surface area contributed by atoms with Crippen LogP contribution in [0.5, 0.6) is 0 Å². The SMILES string of the molecule is CN1C2COCC1CC(C(=O)Cc1cc(F)ccc1C#N)C2. The van der Waals surface area contributed by atoms with Crippen LogP contribution in [0.1, 0.15) is 24.0 Å². The van der Waals surface area contributed by atoms with Crippen LogP contribution in [-0.2, 0) is 16.0 Å². The van der Waals surface area contributed by atoms with Crippen LogP contribution in [0.2, 0.25) is 0 Å². The smallest absolute Gasteiger partial charge is 0.140 e. The number of fused-ring (bicyclic) bond motifs is 2. The lowest BCUT2D eigenvalue weighted by molar-refractivity contribution is -0.130. The monoisotopic (exact) mass is 302 g/mol. The third kappa shape index (κ3) is 2.90. The summed E-state index contributed by atoms with van der Waals surface area (Å²) in [4.78, 5) is 14.9. The molecule has 3 rings (SSSR count). The summed E-state index contributed by atoms with van der Waals surface area (Å²) in [6, 6.07) is 6.59. The van der Waals surface area contributed by atoms with Gasteiger partial charge in [-0.3, -0.25) is 9.69 Å². The first-order chi connectivity index (χ1) is 10.6. The molecule has 2 heterocycles. The number of ketones is 1. The van der Waals surface area contributed by atoms with Crippen LogP contribution < -0.4 is 0 Å². The number of hydrogen-bond donors (Lipinski definition) is 0. The van der Waals surface area contributed by atoms with E-state index >= 15 is 0 Å². The topological polar surface area (TPSA) is 53.3 Å². The highest BCUT2D eigenvalue weighted by Crippen LogP contribution is 2.31. The van der Waals surface area contributed by atoms with Crippen LogP contribution in [0.25, 0.3) is 0 Å². The maximum Gasteiger partial charge on any atom is 0.140 e. The lowest BCUT2D eigenvalue weighted by atomic mass is 9.81. The second-order valence-corrected chi connectivity index (χ2v) is 6.24. The van der Waals surface area contributed by atoms with Crippen molar-refractivity contribution in [2.24, 2.45) is 5.92 Å².